The zero-order valence-corrected chi connectivity index (χ0v) is 10.8. The molecule has 0 unspecified atom stereocenters. The Morgan fingerprint density at radius 1 is 1.00 bits per heavy atom. The average Bonchev–Trinajstić information content (AvgIpc) is 2.21. The Bertz CT molecular complexity index is 306. The van der Waals surface area contributed by atoms with Gasteiger partial charge in [0.05, 0.1) is 0 Å². The van der Waals surface area contributed by atoms with Crippen LogP contribution in [0, 0.1) is 6.92 Å². The third-order valence-corrected chi connectivity index (χ3v) is 3.47. The lowest BCUT2D eigenvalue weighted by Crippen LogP contribution is -2.02. The highest BCUT2D eigenvalue weighted by Crippen LogP contribution is 2.30. The monoisotopic (exact) mass is 204 g/mol. The molecule has 0 fully saturated rings. The first-order valence-electron chi connectivity index (χ1n) is 6.21. The fourth-order valence-electron chi connectivity index (χ4n) is 2.47. The quantitative estimate of drug-likeness (QED) is 0.646. The molecule has 1 rings (SSSR count). The zero-order valence-electron chi connectivity index (χ0n) is 10.8. The van der Waals surface area contributed by atoms with Gasteiger partial charge in [-0.05, 0) is 48.3 Å². The molecule has 0 aromatic heterocycles. The van der Waals surface area contributed by atoms with E-state index in [0.717, 1.165) is 5.92 Å². The summed E-state index contributed by atoms with van der Waals surface area (Å²) in [6, 6.07) is 6.79. The van der Waals surface area contributed by atoms with Gasteiger partial charge in [0.25, 0.3) is 0 Å². The maximum absolute atomic E-state index is 2.30. The summed E-state index contributed by atoms with van der Waals surface area (Å²) in [6.07, 6.45) is 2.50. The van der Waals surface area contributed by atoms with Crippen molar-refractivity contribution < 1.29 is 0 Å². The van der Waals surface area contributed by atoms with E-state index in [1.165, 1.54) is 24.0 Å². The summed E-state index contributed by atoms with van der Waals surface area (Å²) < 4.78 is 0. The molecule has 0 aliphatic heterocycles. The maximum atomic E-state index is 2.30. The summed E-state index contributed by atoms with van der Waals surface area (Å²) in [5, 5.41) is 0. The Balaban J connectivity index is 3.14. The van der Waals surface area contributed by atoms with Crippen LogP contribution in [0.5, 0.6) is 0 Å². The molecule has 84 valence electrons. The summed E-state index contributed by atoms with van der Waals surface area (Å²) in [7, 11) is 0. The number of benzene rings is 1. The Kier molecular flexibility index (Phi) is 4.38. The van der Waals surface area contributed by atoms with Gasteiger partial charge in [-0.3, -0.25) is 0 Å². The molecule has 0 N–H and O–H groups in total. The molecule has 1 aromatic carbocycles. The van der Waals surface area contributed by atoms with E-state index >= 15 is 0 Å². The Morgan fingerprint density at radius 2 is 1.53 bits per heavy atom. The lowest BCUT2D eigenvalue weighted by Gasteiger charge is -2.19. The number of hydrogen-bond acceptors (Lipinski definition) is 0. The topological polar surface area (TPSA) is 0 Å². The Morgan fingerprint density at radius 3 is 2.00 bits per heavy atom. The van der Waals surface area contributed by atoms with E-state index in [1.54, 1.807) is 5.56 Å². The summed E-state index contributed by atoms with van der Waals surface area (Å²) >= 11 is 0. The van der Waals surface area contributed by atoms with Crippen molar-refractivity contribution >= 4 is 0 Å². The van der Waals surface area contributed by atoms with Crippen molar-refractivity contribution in [1.29, 1.82) is 0 Å². The van der Waals surface area contributed by atoms with E-state index < -0.39 is 0 Å². The predicted octanol–water partition coefficient (Wildman–Crippen LogP) is 5.02. The first-order chi connectivity index (χ1) is 7.11. The van der Waals surface area contributed by atoms with Gasteiger partial charge in [0.15, 0.2) is 0 Å². The number of rotatable bonds is 4. The van der Waals surface area contributed by atoms with E-state index in [2.05, 4.69) is 52.8 Å². The van der Waals surface area contributed by atoms with Gasteiger partial charge in [0, 0.05) is 0 Å². The van der Waals surface area contributed by atoms with Gasteiger partial charge in [-0.15, -0.1) is 0 Å². The third-order valence-electron chi connectivity index (χ3n) is 3.47. The van der Waals surface area contributed by atoms with Crippen molar-refractivity contribution in [3.05, 3.63) is 34.9 Å². The highest BCUT2D eigenvalue weighted by Gasteiger charge is 2.12. The van der Waals surface area contributed by atoms with Crippen LogP contribution in [-0.4, -0.2) is 0 Å². The van der Waals surface area contributed by atoms with Crippen molar-refractivity contribution in [3.63, 3.8) is 0 Å². The van der Waals surface area contributed by atoms with Crippen molar-refractivity contribution in [2.75, 3.05) is 0 Å². The summed E-state index contributed by atoms with van der Waals surface area (Å²) in [4.78, 5) is 0. The van der Waals surface area contributed by atoms with Gasteiger partial charge in [0.2, 0.25) is 0 Å². The molecule has 0 amide bonds. The molecule has 0 radical (unpaired) electrons. The van der Waals surface area contributed by atoms with Crippen molar-refractivity contribution in [2.24, 2.45) is 0 Å². The van der Waals surface area contributed by atoms with Crippen molar-refractivity contribution in [3.8, 4) is 0 Å². The first-order valence-corrected chi connectivity index (χ1v) is 6.21. The molecule has 0 spiro atoms. The Hall–Kier alpha value is -0.780. The van der Waals surface area contributed by atoms with Crippen LogP contribution in [0.4, 0.5) is 0 Å². The van der Waals surface area contributed by atoms with Crippen LogP contribution < -0.4 is 0 Å². The van der Waals surface area contributed by atoms with E-state index in [9.17, 15) is 0 Å². The van der Waals surface area contributed by atoms with Gasteiger partial charge < -0.3 is 0 Å². The van der Waals surface area contributed by atoms with Crippen LogP contribution >= 0.6 is 0 Å². The summed E-state index contributed by atoms with van der Waals surface area (Å²) in [5.74, 6) is 1.38. The third kappa shape index (κ3) is 2.62. The normalized spacial score (nSPS) is 11.4. The summed E-state index contributed by atoms with van der Waals surface area (Å²) in [5.41, 5.74) is 4.59. The van der Waals surface area contributed by atoms with E-state index in [-0.39, 0.29) is 0 Å². The lowest BCUT2D eigenvalue weighted by atomic mass is 9.86. The van der Waals surface area contributed by atoms with Crippen LogP contribution in [0.15, 0.2) is 18.2 Å². The fraction of sp³-hybridized carbons (Fsp3) is 0.600. The number of hydrogen-bond donors (Lipinski definition) is 0. The van der Waals surface area contributed by atoms with Gasteiger partial charge in [-0.25, -0.2) is 0 Å². The summed E-state index contributed by atoms with van der Waals surface area (Å²) in [6.45, 7) is 11.4. The molecule has 0 saturated heterocycles. The van der Waals surface area contributed by atoms with Gasteiger partial charge in [-0.2, -0.15) is 0 Å². The second kappa shape index (κ2) is 5.34. The molecule has 0 atom stereocenters. The van der Waals surface area contributed by atoms with Crippen LogP contribution in [0.1, 0.15) is 69.1 Å². The minimum atomic E-state index is 0.638. The molecule has 1 aromatic rings. The second-order valence-corrected chi connectivity index (χ2v) is 4.73. The van der Waals surface area contributed by atoms with E-state index in [0.29, 0.717) is 5.92 Å². The smallest absolute Gasteiger partial charge is 0.0164 e. The van der Waals surface area contributed by atoms with Crippen LogP contribution in [0.2, 0.25) is 0 Å². The van der Waals surface area contributed by atoms with Crippen LogP contribution in [0.25, 0.3) is 0 Å². The minimum Gasteiger partial charge on any atom is -0.0648 e. The molecule has 0 heteroatoms. The lowest BCUT2D eigenvalue weighted by molar-refractivity contribution is 0.635. The largest absolute Gasteiger partial charge is 0.0648 e. The van der Waals surface area contributed by atoms with E-state index in [1.807, 2.05) is 0 Å². The molecule has 0 aliphatic carbocycles. The van der Waals surface area contributed by atoms with Crippen LogP contribution in [0.3, 0.4) is 0 Å². The molecule has 0 nitrogen and oxygen atoms in total. The first kappa shape index (κ1) is 12.3. The highest BCUT2D eigenvalue weighted by atomic mass is 14.2. The second-order valence-electron chi connectivity index (χ2n) is 4.73. The highest BCUT2D eigenvalue weighted by molar-refractivity contribution is 5.38. The molecule has 0 heterocycles. The Labute approximate surface area is 94.7 Å². The predicted molar refractivity (Wildman–Crippen MR) is 68.6 cm³/mol. The van der Waals surface area contributed by atoms with Crippen LogP contribution in [-0.2, 0) is 0 Å². The maximum Gasteiger partial charge on any atom is -0.0164 e. The zero-order chi connectivity index (χ0) is 11.4. The minimum absolute atomic E-state index is 0.638. The molecule has 0 bridgehead atoms. The van der Waals surface area contributed by atoms with Crippen molar-refractivity contribution in [2.45, 2.75) is 59.3 Å². The molecule has 0 aliphatic rings. The molecular weight excluding hydrogens is 180 g/mol. The SMILES string of the molecule is CCC(CC)c1cccc(C(C)C)c1C. The van der Waals surface area contributed by atoms with E-state index in [4.69, 9.17) is 0 Å². The standard InChI is InChI=1S/C15H24/c1-6-13(7-2)15-10-8-9-14(11(3)4)12(15)5/h8-11,13H,6-7H2,1-5H3. The van der Waals surface area contributed by atoms with Gasteiger partial charge in [-0.1, -0.05) is 45.9 Å². The fourth-order valence-corrected chi connectivity index (χ4v) is 2.47. The molecular formula is C15H24. The van der Waals surface area contributed by atoms with Gasteiger partial charge in [0.1, 0.15) is 0 Å². The van der Waals surface area contributed by atoms with Crippen molar-refractivity contribution in [1.82, 2.24) is 0 Å². The molecule has 15 heavy (non-hydrogen) atoms. The average molecular weight is 204 g/mol. The van der Waals surface area contributed by atoms with Gasteiger partial charge >= 0.3 is 0 Å². The molecule has 0 saturated carbocycles.